The maximum atomic E-state index is 13.6. The fourth-order valence-corrected chi connectivity index (χ4v) is 5.51. The van der Waals surface area contributed by atoms with E-state index in [1.54, 1.807) is 13.8 Å². The molecule has 1 aromatic heterocycles. The number of nitrogens with zero attached hydrogens (tertiary/aromatic N) is 3. The molecule has 0 unspecified atom stereocenters. The van der Waals surface area contributed by atoms with E-state index in [-0.39, 0.29) is 18.0 Å². The van der Waals surface area contributed by atoms with Crippen molar-refractivity contribution in [2.24, 2.45) is 0 Å². The van der Waals surface area contributed by atoms with E-state index in [2.05, 4.69) is 22.2 Å². The average molecular weight is 580 g/mol. The first kappa shape index (κ1) is 30.7. The maximum Gasteiger partial charge on any atom is 0.313 e. The molecule has 0 spiro atoms. The fourth-order valence-electron chi connectivity index (χ4n) is 4.07. The van der Waals surface area contributed by atoms with Gasteiger partial charge in [0.1, 0.15) is 5.76 Å². The van der Waals surface area contributed by atoms with Crippen LogP contribution in [0.4, 0.5) is 8.78 Å². The summed E-state index contributed by atoms with van der Waals surface area (Å²) in [6.07, 6.45) is 6.91. The summed E-state index contributed by atoms with van der Waals surface area (Å²) < 4.78 is 64.1. The standard InChI is InChI=1S/C26H31F2N5O6S/c1-5-19(23-15-29-17-39-23)22(38-4)8-9-30-24(34)25(35)31-26(2,3)16-32-10-12-33(13-11-32)40(36,37)18-6-7-20(27)21(28)14-18/h5-9,14-15,17H,1,10-13,16H2,2-4H3,(H,30,34)(H,31,35). The van der Waals surface area contributed by atoms with E-state index in [4.69, 9.17) is 9.15 Å². The fraction of sp³-hybridized carbons (Fsp3) is 0.346. The lowest BCUT2D eigenvalue weighted by Gasteiger charge is -2.38. The number of amides is 2. The van der Waals surface area contributed by atoms with Crippen molar-refractivity contribution in [2.75, 3.05) is 39.8 Å². The Morgan fingerprint density at radius 3 is 2.45 bits per heavy atom. The van der Waals surface area contributed by atoms with E-state index >= 15 is 0 Å². The SMILES string of the molecule is C=CC(=C(C=CNC(=O)C(=O)NC(C)(C)CN1CCN(S(=O)(=O)c2ccc(F)c(F)c2)CC1)OC)c1cnco1. The molecule has 0 aliphatic carbocycles. The summed E-state index contributed by atoms with van der Waals surface area (Å²) >= 11 is 0. The van der Waals surface area contributed by atoms with Gasteiger partial charge in [-0.05, 0) is 38.1 Å². The highest BCUT2D eigenvalue weighted by Gasteiger charge is 2.32. The maximum absolute atomic E-state index is 13.6. The number of nitrogens with one attached hydrogen (secondary N) is 2. The molecule has 40 heavy (non-hydrogen) atoms. The highest BCUT2D eigenvalue weighted by atomic mass is 32.2. The number of aromatic nitrogens is 1. The Morgan fingerprint density at radius 1 is 1.18 bits per heavy atom. The number of halogens is 2. The third kappa shape index (κ3) is 7.61. The summed E-state index contributed by atoms with van der Waals surface area (Å²) in [6, 6.07) is 2.47. The molecule has 2 aromatic rings. The molecular weight excluding hydrogens is 548 g/mol. The minimum Gasteiger partial charge on any atom is -0.496 e. The quantitative estimate of drug-likeness (QED) is 0.248. The number of oxazole rings is 1. The number of hydrogen-bond acceptors (Lipinski definition) is 8. The predicted molar refractivity (Wildman–Crippen MR) is 142 cm³/mol. The van der Waals surface area contributed by atoms with Gasteiger partial charge in [0.15, 0.2) is 23.8 Å². The second-order valence-electron chi connectivity index (χ2n) is 9.45. The minimum absolute atomic E-state index is 0.118. The summed E-state index contributed by atoms with van der Waals surface area (Å²) in [6.45, 7) is 8.41. The van der Waals surface area contributed by atoms with Gasteiger partial charge in [0.25, 0.3) is 0 Å². The lowest BCUT2D eigenvalue weighted by Crippen LogP contribution is -2.58. The van der Waals surface area contributed by atoms with Crippen molar-refractivity contribution in [1.29, 1.82) is 0 Å². The first-order valence-corrected chi connectivity index (χ1v) is 13.6. The lowest BCUT2D eigenvalue weighted by molar-refractivity contribution is -0.139. The molecule has 3 rings (SSSR count). The van der Waals surface area contributed by atoms with Gasteiger partial charge >= 0.3 is 11.8 Å². The smallest absolute Gasteiger partial charge is 0.313 e. The van der Waals surface area contributed by atoms with Gasteiger partial charge in [-0.3, -0.25) is 14.5 Å². The van der Waals surface area contributed by atoms with Gasteiger partial charge in [0.05, 0.1) is 23.8 Å². The molecule has 1 saturated heterocycles. The number of rotatable bonds is 10. The molecule has 2 amide bonds. The molecule has 1 fully saturated rings. The molecule has 0 atom stereocenters. The average Bonchev–Trinajstić information content (AvgIpc) is 3.44. The third-order valence-corrected chi connectivity index (χ3v) is 7.87. The van der Waals surface area contributed by atoms with Crippen molar-refractivity contribution >= 4 is 27.4 Å². The van der Waals surface area contributed by atoms with Crippen LogP contribution in [0.2, 0.25) is 0 Å². The summed E-state index contributed by atoms with van der Waals surface area (Å²) in [7, 11) is -2.57. The Bertz CT molecular complexity index is 1400. The van der Waals surface area contributed by atoms with Crippen molar-refractivity contribution in [3.63, 3.8) is 0 Å². The number of carbonyl (C=O) groups is 2. The number of methoxy groups -OCH3 is 1. The van der Waals surface area contributed by atoms with Crippen molar-refractivity contribution < 1.29 is 35.9 Å². The van der Waals surface area contributed by atoms with Crippen molar-refractivity contribution in [3.05, 3.63) is 78.9 Å². The van der Waals surface area contributed by atoms with Crippen LogP contribution in [0.3, 0.4) is 0 Å². The molecule has 2 heterocycles. The van der Waals surface area contributed by atoms with E-state index in [9.17, 15) is 26.8 Å². The van der Waals surface area contributed by atoms with Crippen LogP contribution >= 0.6 is 0 Å². The summed E-state index contributed by atoms with van der Waals surface area (Å²) in [5, 5.41) is 5.05. The van der Waals surface area contributed by atoms with E-state index in [1.165, 1.54) is 42.4 Å². The molecule has 2 N–H and O–H groups in total. The Hall–Kier alpha value is -3.88. The minimum atomic E-state index is -3.99. The zero-order valence-corrected chi connectivity index (χ0v) is 23.1. The van der Waals surface area contributed by atoms with Gasteiger partial charge in [-0.2, -0.15) is 4.31 Å². The molecule has 1 aromatic carbocycles. The Kier molecular flexibility index (Phi) is 9.95. The molecule has 216 valence electrons. The normalized spacial score (nSPS) is 15.9. The second-order valence-corrected chi connectivity index (χ2v) is 11.4. The van der Waals surface area contributed by atoms with Crippen LogP contribution in [0.5, 0.6) is 0 Å². The van der Waals surface area contributed by atoms with E-state index in [1.807, 2.05) is 4.90 Å². The number of ether oxygens (including phenoxy) is 1. The van der Waals surface area contributed by atoms with Crippen LogP contribution in [0.1, 0.15) is 19.6 Å². The topological polar surface area (TPSA) is 134 Å². The second kappa shape index (κ2) is 13.0. The largest absolute Gasteiger partial charge is 0.496 e. The van der Waals surface area contributed by atoms with Crippen LogP contribution in [0, 0.1) is 11.6 Å². The molecular formula is C26H31F2N5O6S. The molecule has 1 aliphatic heterocycles. The van der Waals surface area contributed by atoms with E-state index in [0.717, 1.165) is 12.1 Å². The molecule has 0 bridgehead atoms. The monoisotopic (exact) mass is 579 g/mol. The summed E-state index contributed by atoms with van der Waals surface area (Å²) in [4.78, 5) is 30.3. The Labute approximate surface area is 231 Å². The number of piperazine rings is 1. The summed E-state index contributed by atoms with van der Waals surface area (Å²) in [5.41, 5.74) is -0.340. The highest BCUT2D eigenvalue weighted by molar-refractivity contribution is 7.89. The molecule has 0 radical (unpaired) electrons. The number of carbonyl (C=O) groups excluding carboxylic acids is 2. The Morgan fingerprint density at radius 2 is 1.88 bits per heavy atom. The first-order valence-electron chi connectivity index (χ1n) is 12.1. The number of sulfonamides is 1. The van der Waals surface area contributed by atoms with Crippen LogP contribution in [-0.2, 0) is 24.3 Å². The molecule has 14 heteroatoms. The van der Waals surface area contributed by atoms with E-state index < -0.39 is 39.0 Å². The third-order valence-electron chi connectivity index (χ3n) is 5.97. The first-order chi connectivity index (χ1) is 18.9. The van der Waals surface area contributed by atoms with Crippen molar-refractivity contribution in [1.82, 2.24) is 24.8 Å². The van der Waals surface area contributed by atoms with Crippen LogP contribution in [0.15, 0.2) is 70.8 Å². The Balaban J connectivity index is 1.52. The molecule has 0 saturated carbocycles. The predicted octanol–water partition coefficient (Wildman–Crippen LogP) is 2.03. The number of benzene rings is 1. The van der Waals surface area contributed by atoms with Gasteiger partial charge in [0.2, 0.25) is 10.0 Å². The van der Waals surface area contributed by atoms with Gasteiger partial charge in [-0.1, -0.05) is 12.7 Å². The van der Waals surface area contributed by atoms with Gasteiger partial charge in [-0.25, -0.2) is 22.2 Å². The van der Waals surface area contributed by atoms with Gasteiger partial charge in [0, 0.05) is 44.5 Å². The van der Waals surface area contributed by atoms with Gasteiger partial charge in [-0.15, -0.1) is 0 Å². The molecule has 1 aliphatic rings. The van der Waals surface area contributed by atoms with Crippen molar-refractivity contribution in [3.8, 4) is 0 Å². The summed E-state index contributed by atoms with van der Waals surface area (Å²) in [5.74, 6) is -3.40. The van der Waals surface area contributed by atoms with Crippen molar-refractivity contribution in [2.45, 2.75) is 24.3 Å². The van der Waals surface area contributed by atoms with Gasteiger partial charge < -0.3 is 19.8 Å². The number of allylic oxidation sites excluding steroid dienone is 3. The number of hydrogen-bond donors (Lipinski definition) is 2. The zero-order chi connectivity index (χ0) is 29.5. The van der Waals surface area contributed by atoms with Crippen LogP contribution < -0.4 is 10.6 Å². The lowest BCUT2D eigenvalue weighted by atomic mass is 10.0. The molecule has 11 nitrogen and oxygen atoms in total. The van der Waals surface area contributed by atoms with Crippen LogP contribution in [0.25, 0.3) is 5.57 Å². The highest BCUT2D eigenvalue weighted by Crippen LogP contribution is 2.22. The van der Waals surface area contributed by atoms with E-state index in [0.29, 0.717) is 42.8 Å². The van der Waals surface area contributed by atoms with Crippen LogP contribution in [-0.4, -0.2) is 79.8 Å². The zero-order valence-electron chi connectivity index (χ0n) is 22.3.